The van der Waals surface area contributed by atoms with Crippen LogP contribution in [-0.4, -0.2) is 36.8 Å². The zero-order valence-corrected chi connectivity index (χ0v) is 11.3. The summed E-state index contributed by atoms with van der Waals surface area (Å²) in [5, 5.41) is 15.8. The minimum atomic E-state index is -0.310. The van der Waals surface area contributed by atoms with Crippen molar-refractivity contribution in [3.63, 3.8) is 0 Å². The van der Waals surface area contributed by atoms with Crippen molar-refractivity contribution in [3.8, 4) is 0 Å². The summed E-state index contributed by atoms with van der Waals surface area (Å²) in [4.78, 5) is 12.0. The molecule has 0 aromatic heterocycles. The molecule has 0 aromatic rings. The van der Waals surface area contributed by atoms with E-state index in [9.17, 15) is 9.90 Å². The van der Waals surface area contributed by atoms with E-state index in [1.54, 1.807) is 0 Å². The predicted octanol–water partition coefficient (Wildman–Crippen LogP) is 0.899. The van der Waals surface area contributed by atoms with Gasteiger partial charge in [0.2, 0.25) is 5.91 Å². The number of β-amino-alcohol motifs (C(OH)–C–C–N with tert-alkyl or cyclic N) is 1. The summed E-state index contributed by atoms with van der Waals surface area (Å²) < 4.78 is 0. The molecule has 0 spiro atoms. The van der Waals surface area contributed by atoms with Crippen molar-refractivity contribution < 1.29 is 9.90 Å². The molecule has 2 rings (SSSR count). The maximum Gasteiger partial charge on any atom is 0.222 e. The highest BCUT2D eigenvalue weighted by Gasteiger charge is 2.26. The van der Waals surface area contributed by atoms with Crippen LogP contribution < -0.4 is 10.6 Å². The van der Waals surface area contributed by atoms with Crippen LogP contribution in [0, 0.1) is 17.8 Å². The van der Waals surface area contributed by atoms with Crippen molar-refractivity contribution in [3.05, 3.63) is 0 Å². The van der Waals surface area contributed by atoms with E-state index in [0.29, 0.717) is 13.1 Å². The van der Waals surface area contributed by atoms with Crippen LogP contribution in [0.25, 0.3) is 0 Å². The molecule has 3 atom stereocenters. The minimum Gasteiger partial charge on any atom is -0.391 e. The van der Waals surface area contributed by atoms with E-state index in [1.165, 1.54) is 25.7 Å². The van der Waals surface area contributed by atoms with Gasteiger partial charge in [-0.25, -0.2) is 0 Å². The molecule has 0 radical (unpaired) electrons. The first-order valence-corrected chi connectivity index (χ1v) is 7.33. The Morgan fingerprint density at radius 1 is 1.39 bits per heavy atom. The van der Waals surface area contributed by atoms with Crippen molar-refractivity contribution in [1.29, 1.82) is 0 Å². The second-order valence-corrected chi connectivity index (χ2v) is 6.02. The summed E-state index contributed by atoms with van der Waals surface area (Å²) in [5.41, 5.74) is 0. The lowest BCUT2D eigenvalue weighted by molar-refractivity contribution is -0.125. The highest BCUT2D eigenvalue weighted by Crippen LogP contribution is 2.30. The lowest BCUT2D eigenvalue weighted by atomic mass is 9.94. The van der Waals surface area contributed by atoms with E-state index in [1.807, 2.05) is 6.92 Å². The number of hydrogen-bond donors (Lipinski definition) is 3. The molecule has 1 aliphatic heterocycles. The molecular formula is C14H26N2O2. The molecule has 1 aliphatic carbocycles. The average molecular weight is 254 g/mol. The number of rotatable bonds is 5. The van der Waals surface area contributed by atoms with Crippen LogP contribution in [0.1, 0.15) is 39.0 Å². The Balaban J connectivity index is 1.66. The van der Waals surface area contributed by atoms with Gasteiger partial charge in [0.15, 0.2) is 0 Å². The average Bonchev–Trinajstić information content (AvgIpc) is 2.98. The van der Waals surface area contributed by atoms with Crippen molar-refractivity contribution in [2.45, 2.75) is 45.1 Å². The van der Waals surface area contributed by atoms with Crippen LogP contribution >= 0.6 is 0 Å². The van der Waals surface area contributed by atoms with Crippen molar-refractivity contribution >= 4 is 5.91 Å². The normalized spacial score (nSPS) is 30.6. The quantitative estimate of drug-likeness (QED) is 0.683. The van der Waals surface area contributed by atoms with E-state index in [-0.39, 0.29) is 23.8 Å². The van der Waals surface area contributed by atoms with Gasteiger partial charge in [-0.3, -0.25) is 4.79 Å². The number of carbonyl (C=O) groups excluding carboxylic acids is 1. The first kappa shape index (κ1) is 13.8. The third kappa shape index (κ3) is 3.69. The van der Waals surface area contributed by atoms with Gasteiger partial charge in [-0.2, -0.15) is 0 Å². The topological polar surface area (TPSA) is 61.4 Å². The molecule has 2 aliphatic rings. The lowest BCUT2D eigenvalue weighted by Gasteiger charge is -2.18. The Labute approximate surface area is 110 Å². The van der Waals surface area contributed by atoms with Gasteiger partial charge in [-0.1, -0.05) is 32.6 Å². The van der Waals surface area contributed by atoms with E-state index in [4.69, 9.17) is 0 Å². The van der Waals surface area contributed by atoms with E-state index in [2.05, 4.69) is 10.6 Å². The zero-order valence-electron chi connectivity index (χ0n) is 11.3. The van der Waals surface area contributed by atoms with Crippen molar-refractivity contribution in [2.24, 2.45) is 17.8 Å². The molecule has 3 N–H and O–H groups in total. The lowest BCUT2D eigenvalue weighted by Crippen LogP contribution is -2.37. The molecule has 18 heavy (non-hydrogen) atoms. The van der Waals surface area contributed by atoms with Crippen LogP contribution in [0.3, 0.4) is 0 Å². The largest absolute Gasteiger partial charge is 0.391 e. The van der Waals surface area contributed by atoms with Crippen molar-refractivity contribution in [1.82, 2.24) is 10.6 Å². The first-order chi connectivity index (χ1) is 8.66. The molecule has 4 nitrogen and oxygen atoms in total. The molecule has 1 saturated carbocycles. The first-order valence-electron chi connectivity index (χ1n) is 7.33. The van der Waals surface area contributed by atoms with Gasteiger partial charge in [0.1, 0.15) is 0 Å². The molecule has 4 heteroatoms. The summed E-state index contributed by atoms with van der Waals surface area (Å²) in [5.74, 6) is 1.19. The van der Waals surface area contributed by atoms with Gasteiger partial charge in [0.25, 0.3) is 0 Å². The monoisotopic (exact) mass is 254 g/mol. The van der Waals surface area contributed by atoms with Gasteiger partial charge in [0.05, 0.1) is 6.10 Å². The fourth-order valence-corrected chi connectivity index (χ4v) is 3.19. The zero-order chi connectivity index (χ0) is 13.0. The Morgan fingerprint density at radius 2 is 2.11 bits per heavy atom. The van der Waals surface area contributed by atoms with E-state index < -0.39 is 0 Å². The number of nitrogens with one attached hydrogen (secondary N) is 2. The number of amides is 1. The third-order valence-corrected chi connectivity index (χ3v) is 4.45. The Morgan fingerprint density at radius 3 is 2.72 bits per heavy atom. The maximum absolute atomic E-state index is 12.0. The number of aliphatic hydroxyl groups is 1. The summed E-state index contributed by atoms with van der Waals surface area (Å²) in [7, 11) is 0. The summed E-state index contributed by atoms with van der Waals surface area (Å²) in [6.07, 6.45) is 5.97. The van der Waals surface area contributed by atoms with Crippen molar-refractivity contribution in [2.75, 3.05) is 19.6 Å². The molecule has 104 valence electrons. The fraction of sp³-hybridized carbons (Fsp3) is 0.929. The molecule has 0 bridgehead atoms. The SMILES string of the molecule is CC(CC1CCCC1)C(=O)NCC1CNCC1O. The Bertz CT molecular complexity index is 277. The fourth-order valence-electron chi connectivity index (χ4n) is 3.19. The molecule has 1 saturated heterocycles. The number of carbonyl (C=O) groups is 1. The summed E-state index contributed by atoms with van der Waals surface area (Å²) >= 11 is 0. The number of aliphatic hydroxyl groups excluding tert-OH is 1. The molecule has 0 aromatic carbocycles. The smallest absolute Gasteiger partial charge is 0.222 e. The molecule has 1 heterocycles. The van der Waals surface area contributed by atoms with E-state index in [0.717, 1.165) is 18.9 Å². The molecule has 1 amide bonds. The second kappa shape index (κ2) is 6.53. The minimum absolute atomic E-state index is 0.111. The van der Waals surface area contributed by atoms with Gasteiger partial charge >= 0.3 is 0 Å². The highest BCUT2D eigenvalue weighted by molar-refractivity contribution is 5.78. The predicted molar refractivity (Wildman–Crippen MR) is 71.1 cm³/mol. The third-order valence-electron chi connectivity index (χ3n) is 4.45. The standard InChI is InChI=1S/C14H26N2O2/c1-10(6-11-4-2-3-5-11)14(18)16-8-12-7-15-9-13(12)17/h10-13,15,17H,2-9H2,1H3,(H,16,18). The second-order valence-electron chi connectivity index (χ2n) is 6.02. The van der Waals surface area contributed by atoms with Crippen LogP contribution in [-0.2, 0) is 4.79 Å². The van der Waals surface area contributed by atoms with Gasteiger partial charge in [-0.15, -0.1) is 0 Å². The van der Waals surface area contributed by atoms with Gasteiger partial charge < -0.3 is 15.7 Å². The Hall–Kier alpha value is -0.610. The van der Waals surface area contributed by atoms with Crippen LogP contribution in [0.4, 0.5) is 0 Å². The Kier molecular flexibility index (Phi) is 5.01. The highest BCUT2D eigenvalue weighted by atomic mass is 16.3. The van der Waals surface area contributed by atoms with Gasteiger partial charge in [-0.05, 0) is 12.3 Å². The van der Waals surface area contributed by atoms with E-state index >= 15 is 0 Å². The number of hydrogen-bond acceptors (Lipinski definition) is 3. The van der Waals surface area contributed by atoms with Crippen LogP contribution in [0.2, 0.25) is 0 Å². The molecular weight excluding hydrogens is 228 g/mol. The summed E-state index contributed by atoms with van der Waals surface area (Å²) in [6, 6.07) is 0. The summed E-state index contributed by atoms with van der Waals surface area (Å²) in [6.45, 7) is 4.08. The van der Waals surface area contributed by atoms with Crippen LogP contribution in [0.15, 0.2) is 0 Å². The molecule has 2 fully saturated rings. The maximum atomic E-state index is 12.0. The van der Waals surface area contributed by atoms with Crippen LogP contribution in [0.5, 0.6) is 0 Å². The van der Waals surface area contributed by atoms with Gasteiger partial charge in [0, 0.05) is 31.5 Å². The molecule has 3 unspecified atom stereocenters.